The van der Waals surface area contributed by atoms with Crippen LogP contribution >= 0.6 is 0 Å². The van der Waals surface area contributed by atoms with E-state index in [2.05, 4.69) is 29.8 Å². The third-order valence-electron chi connectivity index (χ3n) is 5.29. The van der Waals surface area contributed by atoms with Gasteiger partial charge in [-0.25, -0.2) is 0 Å². The van der Waals surface area contributed by atoms with Gasteiger partial charge in [0.25, 0.3) is 0 Å². The van der Waals surface area contributed by atoms with Crippen LogP contribution in [0.15, 0.2) is 59.8 Å². The SMILES string of the molecule is CC(=O)Nc1ccc([C@H]2Nc3ccccc3NC3=C2C(=O)CC(C)(C)C3)cc1. The first-order valence-electron chi connectivity index (χ1n) is 9.59. The maximum Gasteiger partial charge on any atom is 0.221 e. The van der Waals surface area contributed by atoms with E-state index in [-0.39, 0.29) is 23.1 Å². The molecule has 1 amide bonds. The van der Waals surface area contributed by atoms with Gasteiger partial charge in [0, 0.05) is 30.3 Å². The summed E-state index contributed by atoms with van der Waals surface area (Å²) in [5.41, 5.74) is 5.43. The van der Waals surface area contributed by atoms with E-state index < -0.39 is 0 Å². The lowest BCUT2D eigenvalue weighted by Gasteiger charge is -2.34. The summed E-state index contributed by atoms with van der Waals surface area (Å²) >= 11 is 0. The topological polar surface area (TPSA) is 70.2 Å². The molecule has 0 bridgehead atoms. The molecule has 0 saturated heterocycles. The lowest BCUT2D eigenvalue weighted by Crippen LogP contribution is -2.31. The number of anilines is 3. The number of allylic oxidation sites excluding steroid dienone is 1. The van der Waals surface area contributed by atoms with Gasteiger partial charge in [-0.3, -0.25) is 9.59 Å². The molecule has 1 heterocycles. The number of amides is 1. The van der Waals surface area contributed by atoms with Crippen LogP contribution in [-0.4, -0.2) is 11.7 Å². The average Bonchev–Trinajstić information content (AvgIpc) is 2.77. The summed E-state index contributed by atoms with van der Waals surface area (Å²) in [6.45, 7) is 5.76. The normalized spacial score (nSPS) is 20.2. The molecule has 0 unspecified atom stereocenters. The van der Waals surface area contributed by atoms with Crippen LogP contribution < -0.4 is 16.0 Å². The van der Waals surface area contributed by atoms with E-state index in [9.17, 15) is 9.59 Å². The van der Waals surface area contributed by atoms with E-state index in [4.69, 9.17) is 0 Å². The second-order valence-corrected chi connectivity index (χ2v) is 8.38. The molecule has 1 atom stereocenters. The lowest BCUT2D eigenvalue weighted by molar-refractivity contribution is -0.118. The van der Waals surface area contributed by atoms with Gasteiger partial charge in [0.15, 0.2) is 5.78 Å². The lowest BCUT2D eigenvalue weighted by atomic mass is 9.73. The highest BCUT2D eigenvalue weighted by Crippen LogP contribution is 2.45. The van der Waals surface area contributed by atoms with E-state index in [1.807, 2.05) is 48.5 Å². The Labute approximate surface area is 165 Å². The molecular weight excluding hydrogens is 350 g/mol. The maximum atomic E-state index is 13.1. The standard InChI is InChI=1S/C23H25N3O2/c1-14(27)24-16-10-8-15(9-11-16)22-21-19(12-23(2,3)13-20(21)28)25-17-6-4-5-7-18(17)26-22/h4-11,22,25-26H,12-13H2,1-3H3,(H,24,27)/t22-/m1/s1. The van der Waals surface area contributed by atoms with Gasteiger partial charge in [-0.1, -0.05) is 38.1 Å². The Morgan fingerprint density at radius 2 is 1.71 bits per heavy atom. The van der Waals surface area contributed by atoms with Crippen molar-refractivity contribution in [2.75, 3.05) is 16.0 Å². The molecule has 0 radical (unpaired) electrons. The number of carbonyl (C=O) groups excluding carboxylic acids is 2. The fourth-order valence-electron chi connectivity index (χ4n) is 4.10. The molecule has 0 spiro atoms. The molecule has 1 aliphatic carbocycles. The van der Waals surface area contributed by atoms with Crippen molar-refractivity contribution in [2.24, 2.45) is 5.41 Å². The highest BCUT2D eigenvalue weighted by atomic mass is 16.1. The van der Waals surface area contributed by atoms with Gasteiger partial charge in [0.2, 0.25) is 5.91 Å². The van der Waals surface area contributed by atoms with Gasteiger partial charge in [0.1, 0.15) is 0 Å². The number of nitrogens with one attached hydrogen (secondary N) is 3. The molecule has 2 aromatic rings. The Kier molecular flexibility index (Phi) is 4.46. The summed E-state index contributed by atoms with van der Waals surface area (Å²) in [5.74, 6) is 0.0724. The summed E-state index contributed by atoms with van der Waals surface area (Å²) < 4.78 is 0. The minimum atomic E-state index is -0.235. The van der Waals surface area contributed by atoms with E-state index >= 15 is 0 Å². The van der Waals surface area contributed by atoms with Crippen molar-refractivity contribution in [3.05, 3.63) is 65.4 Å². The highest BCUT2D eigenvalue weighted by Gasteiger charge is 2.38. The number of carbonyl (C=O) groups is 2. The molecule has 1 aliphatic heterocycles. The molecule has 5 nitrogen and oxygen atoms in total. The molecule has 28 heavy (non-hydrogen) atoms. The summed E-state index contributed by atoms with van der Waals surface area (Å²) in [6, 6.07) is 15.5. The first kappa shape index (κ1) is 18.3. The second kappa shape index (κ2) is 6.82. The number of ketones is 1. The summed E-state index contributed by atoms with van der Waals surface area (Å²) in [4.78, 5) is 24.4. The first-order chi connectivity index (χ1) is 13.3. The van der Waals surface area contributed by atoms with Crippen LogP contribution in [0.25, 0.3) is 0 Å². The highest BCUT2D eigenvalue weighted by molar-refractivity contribution is 6.01. The van der Waals surface area contributed by atoms with Gasteiger partial charge in [-0.2, -0.15) is 0 Å². The number of hydrogen-bond acceptors (Lipinski definition) is 4. The Hall–Kier alpha value is -3.08. The van der Waals surface area contributed by atoms with Gasteiger partial charge < -0.3 is 16.0 Å². The summed E-state index contributed by atoms with van der Waals surface area (Å²) in [7, 11) is 0. The summed E-state index contributed by atoms with van der Waals surface area (Å²) in [5, 5.41) is 9.88. The minimum absolute atomic E-state index is 0.0674. The zero-order valence-electron chi connectivity index (χ0n) is 16.4. The predicted octanol–water partition coefficient (Wildman–Crippen LogP) is 4.87. The Morgan fingerprint density at radius 3 is 2.39 bits per heavy atom. The van der Waals surface area contributed by atoms with E-state index in [1.165, 1.54) is 6.92 Å². The smallest absolute Gasteiger partial charge is 0.221 e. The molecular formula is C23H25N3O2. The van der Waals surface area contributed by atoms with E-state index in [1.54, 1.807) is 0 Å². The van der Waals surface area contributed by atoms with Crippen molar-refractivity contribution in [3.8, 4) is 0 Å². The van der Waals surface area contributed by atoms with Crippen LogP contribution in [0.2, 0.25) is 0 Å². The van der Waals surface area contributed by atoms with Gasteiger partial charge in [-0.15, -0.1) is 0 Å². The third kappa shape index (κ3) is 3.52. The maximum absolute atomic E-state index is 13.1. The average molecular weight is 375 g/mol. The molecule has 0 saturated carbocycles. The summed E-state index contributed by atoms with van der Waals surface area (Å²) in [6.07, 6.45) is 1.36. The van der Waals surface area contributed by atoms with Crippen molar-refractivity contribution >= 4 is 28.8 Å². The van der Waals surface area contributed by atoms with Crippen LogP contribution in [0.5, 0.6) is 0 Å². The monoisotopic (exact) mass is 375 g/mol. The third-order valence-corrected chi connectivity index (χ3v) is 5.29. The number of fused-ring (bicyclic) bond motifs is 1. The molecule has 5 heteroatoms. The van der Waals surface area contributed by atoms with Gasteiger partial charge in [0.05, 0.1) is 17.4 Å². The van der Waals surface area contributed by atoms with Crippen LogP contribution in [0, 0.1) is 5.41 Å². The van der Waals surface area contributed by atoms with Crippen molar-refractivity contribution in [3.63, 3.8) is 0 Å². The number of hydrogen-bond donors (Lipinski definition) is 3. The van der Waals surface area contributed by atoms with Crippen LogP contribution in [0.1, 0.15) is 45.2 Å². The largest absolute Gasteiger partial charge is 0.372 e. The molecule has 144 valence electrons. The van der Waals surface area contributed by atoms with E-state index in [0.717, 1.165) is 40.3 Å². The molecule has 0 fully saturated rings. The molecule has 0 aromatic heterocycles. The van der Waals surface area contributed by atoms with Crippen molar-refractivity contribution in [1.82, 2.24) is 0 Å². The Bertz CT molecular complexity index is 974. The molecule has 2 aromatic carbocycles. The molecule has 3 N–H and O–H groups in total. The zero-order valence-corrected chi connectivity index (χ0v) is 16.4. The second-order valence-electron chi connectivity index (χ2n) is 8.38. The Morgan fingerprint density at radius 1 is 1.04 bits per heavy atom. The van der Waals surface area contributed by atoms with Crippen molar-refractivity contribution < 1.29 is 9.59 Å². The predicted molar refractivity (Wildman–Crippen MR) is 112 cm³/mol. The number of rotatable bonds is 2. The fourth-order valence-corrected chi connectivity index (χ4v) is 4.10. The number of Topliss-reactive ketones (excluding diaryl/α,β-unsaturated/α-hetero) is 1. The van der Waals surface area contributed by atoms with Crippen LogP contribution in [-0.2, 0) is 9.59 Å². The molecule has 4 rings (SSSR count). The number of benzene rings is 2. The zero-order chi connectivity index (χ0) is 19.9. The van der Waals surface area contributed by atoms with E-state index in [0.29, 0.717) is 6.42 Å². The number of para-hydroxylation sites is 2. The minimum Gasteiger partial charge on any atom is -0.372 e. The molecule has 2 aliphatic rings. The first-order valence-corrected chi connectivity index (χ1v) is 9.59. The van der Waals surface area contributed by atoms with Gasteiger partial charge in [-0.05, 0) is 41.7 Å². The van der Waals surface area contributed by atoms with Crippen LogP contribution in [0.3, 0.4) is 0 Å². The quantitative estimate of drug-likeness (QED) is 0.701. The van der Waals surface area contributed by atoms with Crippen molar-refractivity contribution in [1.29, 1.82) is 0 Å². The Balaban J connectivity index is 1.79. The van der Waals surface area contributed by atoms with Gasteiger partial charge >= 0.3 is 0 Å². The fraction of sp³-hybridized carbons (Fsp3) is 0.304. The van der Waals surface area contributed by atoms with Crippen molar-refractivity contribution in [2.45, 2.75) is 39.7 Å². The van der Waals surface area contributed by atoms with Crippen LogP contribution in [0.4, 0.5) is 17.1 Å².